The van der Waals surface area contributed by atoms with Gasteiger partial charge in [-0.3, -0.25) is 4.90 Å². The summed E-state index contributed by atoms with van der Waals surface area (Å²) in [5.74, 6) is 2.49. The molecule has 0 aromatic heterocycles. The van der Waals surface area contributed by atoms with Crippen LogP contribution in [0.5, 0.6) is 0 Å². The van der Waals surface area contributed by atoms with E-state index in [0.717, 1.165) is 12.0 Å². The molecule has 1 nitrogen and oxygen atoms in total. The maximum atomic E-state index is 2.74. The molecule has 1 saturated carbocycles. The fourth-order valence-electron chi connectivity index (χ4n) is 2.25. The van der Waals surface area contributed by atoms with Gasteiger partial charge in [0.25, 0.3) is 0 Å². The first-order chi connectivity index (χ1) is 4.80. The lowest BCUT2D eigenvalue weighted by molar-refractivity contribution is 0.241. The molecular formula is C8H13NS. The van der Waals surface area contributed by atoms with Crippen LogP contribution < -0.4 is 0 Å². The Morgan fingerprint density at radius 1 is 1.60 bits per heavy atom. The van der Waals surface area contributed by atoms with E-state index in [1.54, 1.807) is 0 Å². The first kappa shape index (κ1) is 5.90. The summed E-state index contributed by atoms with van der Waals surface area (Å²) in [6.07, 6.45) is 3.00. The highest BCUT2D eigenvalue weighted by Crippen LogP contribution is 2.56. The number of hydrogen-bond donors (Lipinski definition) is 0. The average molecular weight is 155 g/mol. The van der Waals surface area contributed by atoms with Crippen LogP contribution in [-0.2, 0) is 0 Å². The predicted molar refractivity (Wildman–Crippen MR) is 44.1 cm³/mol. The zero-order valence-electron chi connectivity index (χ0n) is 6.34. The molecule has 2 aliphatic heterocycles. The van der Waals surface area contributed by atoms with Crippen molar-refractivity contribution < 1.29 is 0 Å². The van der Waals surface area contributed by atoms with Gasteiger partial charge in [0.15, 0.2) is 0 Å². The summed E-state index contributed by atoms with van der Waals surface area (Å²) in [5, 5.41) is 0. The normalized spacial score (nSPS) is 58.5. The summed E-state index contributed by atoms with van der Waals surface area (Å²) in [4.78, 5) is 3.33. The van der Waals surface area contributed by atoms with E-state index in [4.69, 9.17) is 0 Å². The van der Waals surface area contributed by atoms with Gasteiger partial charge in [-0.15, -0.1) is 11.8 Å². The minimum Gasteiger partial charge on any atom is -0.285 e. The molecule has 0 aromatic carbocycles. The molecule has 3 atom stereocenters. The Labute approximate surface area is 66.2 Å². The topological polar surface area (TPSA) is 3.24 Å². The first-order valence-electron chi connectivity index (χ1n) is 4.20. The fraction of sp³-hybridized carbons (Fsp3) is 1.00. The molecule has 56 valence electrons. The quantitative estimate of drug-likeness (QED) is 0.528. The number of piperidine rings is 1. The fourth-order valence-corrected chi connectivity index (χ4v) is 3.02. The summed E-state index contributed by atoms with van der Waals surface area (Å²) in [6, 6.07) is 1.01. The van der Waals surface area contributed by atoms with Crippen LogP contribution in [-0.4, -0.2) is 28.1 Å². The zero-order chi connectivity index (χ0) is 6.77. The van der Waals surface area contributed by atoms with Gasteiger partial charge < -0.3 is 0 Å². The lowest BCUT2D eigenvalue weighted by atomic mass is 10.3. The highest BCUT2D eigenvalue weighted by Gasteiger charge is 2.57. The molecule has 3 aliphatic rings. The Hall–Kier alpha value is 0.310. The Kier molecular flexibility index (Phi) is 0.919. The van der Waals surface area contributed by atoms with Crippen LogP contribution in [0.1, 0.15) is 19.8 Å². The van der Waals surface area contributed by atoms with E-state index >= 15 is 0 Å². The maximum Gasteiger partial charge on any atom is 0.0737 e. The van der Waals surface area contributed by atoms with E-state index < -0.39 is 0 Å². The van der Waals surface area contributed by atoms with Gasteiger partial charge in [-0.1, -0.05) is 0 Å². The number of fused-ring (bicyclic) bond motifs is 1. The summed E-state index contributed by atoms with van der Waals surface area (Å²) < 4.78 is 0. The van der Waals surface area contributed by atoms with E-state index in [2.05, 4.69) is 23.6 Å². The van der Waals surface area contributed by atoms with Crippen molar-refractivity contribution in [1.82, 2.24) is 4.90 Å². The van der Waals surface area contributed by atoms with Crippen LogP contribution in [0.3, 0.4) is 0 Å². The number of nitrogens with zero attached hydrogens (tertiary/aromatic N) is 1. The van der Waals surface area contributed by atoms with Crippen LogP contribution in [0.4, 0.5) is 0 Å². The van der Waals surface area contributed by atoms with Crippen molar-refractivity contribution in [2.24, 2.45) is 5.92 Å². The van der Waals surface area contributed by atoms with Gasteiger partial charge >= 0.3 is 0 Å². The van der Waals surface area contributed by atoms with Crippen LogP contribution in [0, 0.1) is 5.92 Å². The molecule has 10 heavy (non-hydrogen) atoms. The van der Waals surface area contributed by atoms with Gasteiger partial charge in [0.1, 0.15) is 0 Å². The third-order valence-electron chi connectivity index (χ3n) is 3.20. The van der Waals surface area contributed by atoms with Crippen molar-refractivity contribution >= 4 is 11.8 Å². The molecule has 0 N–H and O–H groups in total. The molecule has 0 bridgehead atoms. The van der Waals surface area contributed by atoms with Gasteiger partial charge in [-0.2, -0.15) is 0 Å². The maximum absolute atomic E-state index is 2.74. The van der Waals surface area contributed by atoms with Crippen LogP contribution in [0.2, 0.25) is 0 Å². The van der Waals surface area contributed by atoms with Crippen molar-refractivity contribution in [3.8, 4) is 0 Å². The molecule has 2 heteroatoms. The van der Waals surface area contributed by atoms with E-state index in [-0.39, 0.29) is 0 Å². The van der Waals surface area contributed by atoms with E-state index in [9.17, 15) is 0 Å². The molecule has 2 saturated heterocycles. The van der Waals surface area contributed by atoms with E-state index in [0.29, 0.717) is 4.87 Å². The van der Waals surface area contributed by atoms with Gasteiger partial charge in [0.2, 0.25) is 0 Å². The summed E-state index contributed by atoms with van der Waals surface area (Å²) in [5.41, 5.74) is 0. The minimum absolute atomic E-state index is 0.593. The summed E-state index contributed by atoms with van der Waals surface area (Å²) in [6.45, 7) is 3.79. The summed E-state index contributed by atoms with van der Waals surface area (Å²) in [7, 11) is 0. The van der Waals surface area contributed by atoms with Crippen LogP contribution in [0.15, 0.2) is 0 Å². The highest BCUT2D eigenvalue weighted by atomic mass is 32.2. The van der Waals surface area contributed by atoms with Crippen molar-refractivity contribution in [3.63, 3.8) is 0 Å². The molecule has 3 rings (SSSR count). The van der Waals surface area contributed by atoms with Crippen molar-refractivity contribution in [3.05, 3.63) is 0 Å². The molecule has 0 aromatic rings. The average Bonchev–Trinajstić information content (AvgIpc) is 2.80. The number of hydrogen-bond acceptors (Lipinski definition) is 2. The molecule has 3 fully saturated rings. The lowest BCUT2D eigenvalue weighted by Crippen LogP contribution is -2.34. The second-order valence-electron chi connectivity index (χ2n) is 4.01. The largest absolute Gasteiger partial charge is 0.285 e. The van der Waals surface area contributed by atoms with Gasteiger partial charge in [0, 0.05) is 18.3 Å². The molecular weight excluding hydrogens is 142 g/mol. The first-order valence-corrected chi connectivity index (χ1v) is 5.19. The molecule has 0 amide bonds. The third-order valence-corrected chi connectivity index (χ3v) is 4.55. The predicted octanol–water partition coefficient (Wildman–Crippen LogP) is 1.54. The molecule has 0 radical (unpaired) electrons. The van der Waals surface area contributed by atoms with Gasteiger partial charge in [-0.25, -0.2) is 0 Å². The van der Waals surface area contributed by atoms with E-state index in [1.165, 1.54) is 25.1 Å². The van der Waals surface area contributed by atoms with Crippen LogP contribution >= 0.6 is 11.8 Å². The van der Waals surface area contributed by atoms with Crippen LogP contribution in [0.25, 0.3) is 0 Å². The van der Waals surface area contributed by atoms with Gasteiger partial charge in [-0.05, 0) is 25.7 Å². The zero-order valence-corrected chi connectivity index (χ0v) is 7.16. The van der Waals surface area contributed by atoms with E-state index in [1.807, 2.05) is 0 Å². The van der Waals surface area contributed by atoms with Crippen molar-refractivity contribution in [2.45, 2.75) is 30.7 Å². The molecule has 0 spiro atoms. The van der Waals surface area contributed by atoms with Crippen molar-refractivity contribution in [2.75, 3.05) is 12.3 Å². The number of likely N-dealkylation sites (tertiary alicyclic amines) is 1. The lowest BCUT2D eigenvalue weighted by Gasteiger charge is -2.23. The number of rotatable bonds is 1. The Morgan fingerprint density at radius 2 is 2.40 bits per heavy atom. The minimum atomic E-state index is 0.593. The smallest absolute Gasteiger partial charge is 0.0737 e. The molecule has 2 heterocycles. The highest BCUT2D eigenvalue weighted by molar-refractivity contribution is 8.07. The van der Waals surface area contributed by atoms with Gasteiger partial charge in [0.05, 0.1) is 4.87 Å². The Balaban J connectivity index is 1.81. The SMILES string of the molecule is CC1(N2CCC3CC32)CS1. The molecule has 1 aliphatic carbocycles. The summed E-state index contributed by atoms with van der Waals surface area (Å²) >= 11 is 2.12. The molecule has 3 unspecified atom stereocenters. The Morgan fingerprint density at radius 3 is 2.80 bits per heavy atom. The van der Waals surface area contributed by atoms with Crippen molar-refractivity contribution in [1.29, 1.82) is 0 Å². The second-order valence-corrected chi connectivity index (χ2v) is 5.47. The standard InChI is InChI=1S/C8H13NS/c1-8(5-10-8)9-3-2-6-4-7(6)9/h6-7H,2-5H2,1H3. The third kappa shape index (κ3) is 0.641. The monoisotopic (exact) mass is 155 g/mol. The Bertz CT molecular complexity index is 176. The second kappa shape index (κ2) is 1.56. The number of thioether (sulfide) groups is 1.